The molecular formula is C33H41N3O5. The number of rotatable bonds is 19. The first-order valence-electron chi connectivity index (χ1n) is 14.0. The molecule has 8 heteroatoms. The molecule has 41 heavy (non-hydrogen) atoms. The minimum Gasteiger partial charge on any atom is -0.490 e. The summed E-state index contributed by atoms with van der Waals surface area (Å²) in [6.45, 7) is 11.3. The molecule has 3 aromatic rings. The predicted molar refractivity (Wildman–Crippen MR) is 162 cm³/mol. The number of ether oxygens (including phenoxy) is 4. The van der Waals surface area contributed by atoms with E-state index in [1.54, 1.807) is 18.3 Å². The van der Waals surface area contributed by atoms with Gasteiger partial charge in [0.15, 0.2) is 0 Å². The van der Waals surface area contributed by atoms with Crippen molar-refractivity contribution in [3.05, 3.63) is 91.2 Å². The van der Waals surface area contributed by atoms with Gasteiger partial charge in [-0.1, -0.05) is 43.7 Å². The Morgan fingerprint density at radius 3 is 2.59 bits per heavy atom. The molecule has 1 atom stereocenters. The zero-order chi connectivity index (χ0) is 29.3. The summed E-state index contributed by atoms with van der Waals surface area (Å²) >= 11 is 0. The minimum absolute atomic E-state index is 0.0143. The van der Waals surface area contributed by atoms with Crippen LogP contribution in [0, 0.1) is 0 Å². The van der Waals surface area contributed by atoms with Crippen molar-refractivity contribution in [2.45, 2.75) is 58.3 Å². The fourth-order valence-corrected chi connectivity index (χ4v) is 4.27. The standard InChI is InChI=1S/C33H41N3O5/c1-5-10-29(13-9-14-32(37)38-4)41-31-16-15-28(22-27(31)24-40-20-7-3)35-33-34-18-17-30(36-33)26-12-8-11-25(21-26)23-39-19-6-2/h6-8,11-12,15-18,21-22,29H,2-3,5,9-10,13-14,19-20,23-24H2,1,4H3,(H,34,35,36). The molecule has 1 unspecified atom stereocenters. The van der Waals surface area contributed by atoms with Crippen LogP contribution < -0.4 is 10.1 Å². The molecule has 0 saturated carbocycles. The second kappa shape index (κ2) is 17.6. The summed E-state index contributed by atoms with van der Waals surface area (Å²) < 4.78 is 22.6. The van der Waals surface area contributed by atoms with E-state index in [1.807, 2.05) is 42.5 Å². The normalized spacial score (nSPS) is 11.5. The van der Waals surface area contributed by atoms with E-state index in [2.05, 4.69) is 36.4 Å². The van der Waals surface area contributed by atoms with Crippen molar-refractivity contribution in [2.75, 3.05) is 25.6 Å². The molecule has 0 radical (unpaired) electrons. The Morgan fingerprint density at radius 2 is 1.83 bits per heavy atom. The molecule has 0 spiro atoms. The van der Waals surface area contributed by atoms with Gasteiger partial charge in [0, 0.05) is 29.4 Å². The first-order valence-corrected chi connectivity index (χ1v) is 14.0. The number of hydrogen-bond acceptors (Lipinski definition) is 8. The van der Waals surface area contributed by atoms with Crippen LogP contribution in [-0.2, 0) is 32.2 Å². The van der Waals surface area contributed by atoms with Crippen molar-refractivity contribution < 1.29 is 23.7 Å². The molecule has 8 nitrogen and oxygen atoms in total. The summed E-state index contributed by atoms with van der Waals surface area (Å²) in [5.41, 5.74) is 4.55. The lowest BCUT2D eigenvalue weighted by Crippen LogP contribution is -2.18. The molecule has 0 bridgehead atoms. The van der Waals surface area contributed by atoms with Gasteiger partial charge < -0.3 is 24.3 Å². The largest absolute Gasteiger partial charge is 0.490 e. The number of nitrogens with zero attached hydrogens (tertiary/aromatic N) is 2. The van der Waals surface area contributed by atoms with Gasteiger partial charge in [-0.05, 0) is 55.2 Å². The first kappa shape index (κ1) is 31.5. The number of nitrogens with one attached hydrogen (secondary N) is 1. The lowest BCUT2D eigenvalue weighted by molar-refractivity contribution is -0.140. The van der Waals surface area contributed by atoms with Crippen LogP contribution in [0.4, 0.5) is 11.6 Å². The number of carbonyl (C=O) groups is 1. The summed E-state index contributed by atoms with van der Waals surface area (Å²) in [5, 5.41) is 3.32. The van der Waals surface area contributed by atoms with Crippen LogP contribution in [0.2, 0.25) is 0 Å². The molecule has 0 aliphatic rings. The number of aromatic nitrogens is 2. The highest BCUT2D eigenvalue weighted by molar-refractivity contribution is 5.69. The summed E-state index contributed by atoms with van der Waals surface area (Å²) in [6, 6.07) is 15.9. The number of benzene rings is 2. The van der Waals surface area contributed by atoms with Gasteiger partial charge in [-0.25, -0.2) is 9.97 Å². The second-order valence-corrected chi connectivity index (χ2v) is 9.52. The van der Waals surface area contributed by atoms with E-state index < -0.39 is 0 Å². The third-order valence-corrected chi connectivity index (χ3v) is 6.23. The fourth-order valence-electron chi connectivity index (χ4n) is 4.27. The Bertz CT molecular complexity index is 1260. The first-order chi connectivity index (χ1) is 20.1. The van der Waals surface area contributed by atoms with E-state index in [4.69, 9.17) is 23.9 Å². The molecule has 0 aliphatic heterocycles. The zero-order valence-electron chi connectivity index (χ0n) is 24.1. The highest BCUT2D eigenvalue weighted by Gasteiger charge is 2.15. The molecule has 218 valence electrons. The number of carbonyl (C=O) groups excluding carboxylic acids is 1. The average Bonchev–Trinajstić information content (AvgIpc) is 2.99. The van der Waals surface area contributed by atoms with Crippen LogP contribution in [-0.4, -0.2) is 42.4 Å². The Hall–Kier alpha value is -4.01. The Kier molecular flexibility index (Phi) is 13.6. The van der Waals surface area contributed by atoms with Gasteiger partial charge in [-0.2, -0.15) is 0 Å². The molecule has 1 N–H and O–H groups in total. The van der Waals surface area contributed by atoms with Crippen molar-refractivity contribution in [1.82, 2.24) is 9.97 Å². The SMILES string of the molecule is C=CCOCc1cccc(-c2ccnc(Nc3ccc(OC(CCC)CCCC(=O)OC)c(COCC=C)c3)n2)c1. The van der Waals surface area contributed by atoms with Gasteiger partial charge in [0.05, 0.1) is 45.3 Å². The van der Waals surface area contributed by atoms with Crippen molar-refractivity contribution >= 4 is 17.6 Å². The molecule has 0 fully saturated rings. The summed E-state index contributed by atoms with van der Waals surface area (Å²) in [7, 11) is 1.41. The molecule has 2 aromatic carbocycles. The van der Waals surface area contributed by atoms with E-state index in [9.17, 15) is 4.79 Å². The summed E-state index contributed by atoms with van der Waals surface area (Å²) in [4.78, 5) is 20.7. The van der Waals surface area contributed by atoms with Gasteiger partial charge in [-0.15, -0.1) is 13.2 Å². The van der Waals surface area contributed by atoms with E-state index in [1.165, 1.54) is 7.11 Å². The van der Waals surface area contributed by atoms with Crippen LogP contribution in [0.3, 0.4) is 0 Å². The van der Waals surface area contributed by atoms with Gasteiger partial charge in [-0.3, -0.25) is 4.79 Å². The van der Waals surface area contributed by atoms with Crippen LogP contribution >= 0.6 is 0 Å². The van der Waals surface area contributed by atoms with Crippen molar-refractivity contribution in [3.8, 4) is 17.0 Å². The maximum atomic E-state index is 11.6. The fraction of sp³-hybridized carbons (Fsp3) is 0.364. The number of methoxy groups -OCH3 is 1. The lowest BCUT2D eigenvalue weighted by Gasteiger charge is -2.21. The van der Waals surface area contributed by atoms with Crippen molar-refractivity contribution in [1.29, 1.82) is 0 Å². The quantitative estimate of drug-likeness (QED) is 0.0938. The second-order valence-electron chi connectivity index (χ2n) is 9.52. The Morgan fingerprint density at radius 1 is 1.02 bits per heavy atom. The molecule has 3 rings (SSSR count). The van der Waals surface area contributed by atoms with Crippen molar-refractivity contribution in [3.63, 3.8) is 0 Å². The van der Waals surface area contributed by atoms with Gasteiger partial charge in [0.2, 0.25) is 5.95 Å². The lowest BCUT2D eigenvalue weighted by atomic mass is 10.1. The van der Waals surface area contributed by atoms with Gasteiger partial charge in [0.1, 0.15) is 5.75 Å². The van der Waals surface area contributed by atoms with E-state index in [0.29, 0.717) is 45.2 Å². The van der Waals surface area contributed by atoms with E-state index >= 15 is 0 Å². The maximum absolute atomic E-state index is 11.6. The Labute approximate surface area is 243 Å². The number of hydrogen-bond donors (Lipinski definition) is 1. The molecule has 0 aliphatic carbocycles. The molecule has 0 amide bonds. The topological polar surface area (TPSA) is 91.8 Å². The molecule has 1 heterocycles. The maximum Gasteiger partial charge on any atom is 0.305 e. The minimum atomic E-state index is -0.203. The monoisotopic (exact) mass is 559 g/mol. The van der Waals surface area contributed by atoms with Gasteiger partial charge in [0.25, 0.3) is 0 Å². The van der Waals surface area contributed by atoms with Crippen molar-refractivity contribution in [2.24, 2.45) is 0 Å². The Balaban J connectivity index is 1.76. The van der Waals surface area contributed by atoms with E-state index in [0.717, 1.165) is 53.1 Å². The average molecular weight is 560 g/mol. The predicted octanol–water partition coefficient (Wildman–Crippen LogP) is 7.18. The molecule has 0 saturated heterocycles. The van der Waals surface area contributed by atoms with Gasteiger partial charge >= 0.3 is 5.97 Å². The molecule has 1 aromatic heterocycles. The third kappa shape index (κ3) is 10.8. The summed E-state index contributed by atoms with van der Waals surface area (Å²) in [6.07, 6.45) is 8.88. The number of esters is 1. The van der Waals surface area contributed by atoms with Crippen LogP contribution in [0.15, 0.2) is 80.0 Å². The summed E-state index contributed by atoms with van der Waals surface area (Å²) in [5.74, 6) is 1.03. The van der Waals surface area contributed by atoms with Crippen LogP contribution in [0.5, 0.6) is 5.75 Å². The molecular weight excluding hydrogens is 518 g/mol. The smallest absolute Gasteiger partial charge is 0.305 e. The zero-order valence-corrected chi connectivity index (χ0v) is 24.1. The third-order valence-electron chi connectivity index (χ3n) is 6.23. The van der Waals surface area contributed by atoms with E-state index in [-0.39, 0.29) is 12.1 Å². The number of anilines is 2. The highest BCUT2D eigenvalue weighted by atomic mass is 16.5. The highest BCUT2D eigenvalue weighted by Crippen LogP contribution is 2.28. The van der Waals surface area contributed by atoms with Crippen LogP contribution in [0.1, 0.15) is 50.2 Å². The van der Waals surface area contributed by atoms with Crippen LogP contribution in [0.25, 0.3) is 11.3 Å².